The van der Waals surface area contributed by atoms with Crippen molar-refractivity contribution in [1.29, 1.82) is 0 Å². The number of hydrogen-bond donors (Lipinski definition) is 2. The Morgan fingerprint density at radius 2 is 1.71 bits per heavy atom. The number of aromatic nitrogens is 1. The monoisotopic (exact) mass is 344 g/mol. The topological polar surface area (TPSA) is 62.2 Å². The maximum Gasteiger partial charge on any atom is 0.251 e. The van der Waals surface area contributed by atoms with E-state index in [1.54, 1.807) is 24.3 Å². The molecule has 2 rings (SSSR count). The number of amides is 1. The number of nitrogens with zero attached hydrogens (tertiary/aromatic N) is 1. The molecule has 2 N–H and O–H groups in total. The van der Waals surface area contributed by atoms with Gasteiger partial charge in [0.25, 0.3) is 5.91 Å². The van der Waals surface area contributed by atoms with Crippen LogP contribution >= 0.6 is 34.8 Å². The van der Waals surface area contributed by atoms with E-state index in [1.807, 2.05) is 0 Å². The molecule has 1 aromatic heterocycles. The first-order valence-corrected chi connectivity index (χ1v) is 7.14. The highest BCUT2D eigenvalue weighted by atomic mass is 35.5. The molecule has 0 spiro atoms. The zero-order chi connectivity index (χ0) is 15.4. The van der Waals surface area contributed by atoms with Gasteiger partial charge in [0.15, 0.2) is 0 Å². The fraction of sp³-hybridized carbons (Fsp3) is 0.143. The number of halogens is 3. The summed E-state index contributed by atoms with van der Waals surface area (Å²) in [5.74, 6) is -0.394. The van der Waals surface area contributed by atoms with Gasteiger partial charge in [-0.1, -0.05) is 46.9 Å². The lowest BCUT2D eigenvalue weighted by molar-refractivity contribution is 0.0916. The molecular formula is C14H11Cl3N2O2. The van der Waals surface area contributed by atoms with Crippen LogP contribution in [0.1, 0.15) is 22.0 Å². The Morgan fingerprint density at radius 1 is 1.14 bits per heavy atom. The van der Waals surface area contributed by atoms with Crippen LogP contribution in [-0.2, 0) is 0 Å². The molecule has 7 heteroatoms. The maximum absolute atomic E-state index is 12.0. The third-order valence-electron chi connectivity index (χ3n) is 2.74. The first-order chi connectivity index (χ1) is 9.95. The Kier molecular flexibility index (Phi) is 5.42. The highest BCUT2D eigenvalue weighted by Crippen LogP contribution is 2.17. The van der Waals surface area contributed by atoms with Crippen molar-refractivity contribution in [2.45, 2.75) is 6.10 Å². The van der Waals surface area contributed by atoms with E-state index in [2.05, 4.69) is 10.3 Å². The molecule has 0 saturated carbocycles. The molecule has 1 aromatic carbocycles. The molecule has 0 aliphatic heterocycles. The molecule has 0 aliphatic rings. The number of nitrogens with one attached hydrogen (secondary N) is 1. The summed E-state index contributed by atoms with van der Waals surface area (Å²) in [5, 5.41) is 13.4. The van der Waals surface area contributed by atoms with Crippen LogP contribution in [0.4, 0.5) is 0 Å². The fourth-order valence-electron chi connectivity index (χ4n) is 1.69. The number of pyridine rings is 1. The van der Waals surface area contributed by atoms with E-state index >= 15 is 0 Å². The molecule has 2 aromatic rings. The van der Waals surface area contributed by atoms with Gasteiger partial charge in [-0.05, 0) is 29.8 Å². The van der Waals surface area contributed by atoms with Crippen molar-refractivity contribution in [3.8, 4) is 0 Å². The third-order valence-corrected chi connectivity index (χ3v) is 3.37. The average molecular weight is 346 g/mol. The van der Waals surface area contributed by atoms with Gasteiger partial charge in [-0.15, -0.1) is 0 Å². The van der Waals surface area contributed by atoms with Crippen LogP contribution in [-0.4, -0.2) is 22.5 Å². The van der Waals surface area contributed by atoms with Crippen molar-refractivity contribution >= 4 is 40.7 Å². The van der Waals surface area contributed by atoms with E-state index in [0.29, 0.717) is 10.6 Å². The molecule has 0 radical (unpaired) electrons. The Morgan fingerprint density at radius 3 is 2.29 bits per heavy atom. The number of rotatable bonds is 4. The Labute approximate surface area is 136 Å². The number of carbonyl (C=O) groups excluding carboxylic acids is 1. The van der Waals surface area contributed by atoms with Crippen LogP contribution < -0.4 is 5.32 Å². The van der Waals surface area contributed by atoms with Gasteiger partial charge >= 0.3 is 0 Å². The molecule has 4 nitrogen and oxygen atoms in total. The zero-order valence-corrected chi connectivity index (χ0v) is 13.0. The fourth-order valence-corrected chi connectivity index (χ4v) is 2.28. The molecular weight excluding hydrogens is 335 g/mol. The highest BCUT2D eigenvalue weighted by Gasteiger charge is 2.12. The van der Waals surface area contributed by atoms with Crippen LogP contribution in [0.15, 0.2) is 36.4 Å². The number of aliphatic hydroxyl groups excluding tert-OH is 1. The number of aliphatic hydroxyl groups is 1. The lowest BCUT2D eigenvalue weighted by Gasteiger charge is -2.12. The second-order valence-electron chi connectivity index (χ2n) is 4.28. The summed E-state index contributed by atoms with van der Waals surface area (Å²) in [7, 11) is 0. The summed E-state index contributed by atoms with van der Waals surface area (Å²) in [5.41, 5.74) is 0.939. The van der Waals surface area contributed by atoms with Crippen molar-refractivity contribution in [2.24, 2.45) is 0 Å². The number of hydrogen-bond acceptors (Lipinski definition) is 3. The third kappa shape index (κ3) is 4.58. The average Bonchev–Trinajstić information content (AvgIpc) is 2.44. The van der Waals surface area contributed by atoms with E-state index in [0.717, 1.165) is 0 Å². The minimum Gasteiger partial charge on any atom is -0.387 e. The maximum atomic E-state index is 12.0. The largest absolute Gasteiger partial charge is 0.387 e. The van der Waals surface area contributed by atoms with Crippen LogP contribution in [0.25, 0.3) is 0 Å². The van der Waals surface area contributed by atoms with Crippen molar-refractivity contribution in [2.75, 3.05) is 6.54 Å². The quantitative estimate of drug-likeness (QED) is 0.834. The van der Waals surface area contributed by atoms with Crippen molar-refractivity contribution < 1.29 is 9.90 Å². The molecule has 0 fully saturated rings. The van der Waals surface area contributed by atoms with Gasteiger partial charge in [0, 0.05) is 17.1 Å². The van der Waals surface area contributed by atoms with Crippen LogP contribution in [0.3, 0.4) is 0 Å². The molecule has 0 bridgehead atoms. The van der Waals surface area contributed by atoms with Crippen LogP contribution in [0, 0.1) is 0 Å². The van der Waals surface area contributed by atoms with Gasteiger partial charge in [0.2, 0.25) is 0 Å². The number of benzene rings is 1. The summed E-state index contributed by atoms with van der Waals surface area (Å²) in [6.07, 6.45) is -0.834. The van der Waals surface area contributed by atoms with Crippen LogP contribution in [0.2, 0.25) is 15.3 Å². The van der Waals surface area contributed by atoms with Crippen molar-refractivity contribution in [3.05, 3.63) is 62.9 Å². The minimum atomic E-state index is -0.834. The second kappa shape index (κ2) is 7.09. The first kappa shape index (κ1) is 16.0. The highest BCUT2D eigenvalue weighted by molar-refractivity contribution is 6.33. The summed E-state index contributed by atoms with van der Waals surface area (Å²) < 4.78 is 0. The molecule has 110 valence electrons. The van der Waals surface area contributed by atoms with Crippen molar-refractivity contribution in [3.63, 3.8) is 0 Å². The Balaban J connectivity index is 1.98. The minimum absolute atomic E-state index is 0.0536. The van der Waals surface area contributed by atoms with E-state index in [9.17, 15) is 9.90 Å². The normalized spacial score (nSPS) is 12.0. The SMILES string of the molecule is O=C(NCC(O)c1ccc(Cl)cc1)c1cc(Cl)nc(Cl)c1. The lowest BCUT2D eigenvalue weighted by atomic mass is 10.1. The molecule has 1 amide bonds. The van der Waals surface area contributed by atoms with Crippen molar-refractivity contribution in [1.82, 2.24) is 10.3 Å². The van der Waals surface area contributed by atoms with Gasteiger partial charge in [-0.25, -0.2) is 4.98 Å². The van der Waals surface area contributed by atoms with E-state index < -0.39 is 12.0 Å². The smallest absolute Gasteiger partial charge is 0.251 e. The second-order valence-corrected chi connectivity index (χ2v) is 5.49. The molecule has 1 unspecified atom stereocenters. The molecule has 21 heavy (non-hydrogen) atoms. The van der Waals surface area contributed by atoms with E-state index in [-0.39, 0.29) is 22.4 Å². The lowest BCUT2D eigenvalue weighted by Crippen LogP contribution is -2.28. The van der Waals surface area contributed by atoms with E-state index in [4.69, 9.17) is 34.8 Å². The van der Waals surface area contributed by atoms with Gasteiger partial charge in [-0.3, -0.25) is 4.79 Å². The van der Waals surface area contributed by atoms with E-state index in [1.165, 1.54) is 12.1 Å². The van der Waals surface area contributed by atoms with Gasteiger partial charge in [0.05, 0.1) is 6.10 Å². The molecule has 1 heterocycles. The van der Waals surface area contributed by atoms with Crippen LogP contribution in [0.5, 0.6) is 0 Å². The molecule has 0 aliphatic carbocycles. The molecule has 0 saturated heterocycles. The summed E-state index contributed by atoms with van der Waals surface area (Å²) in [6.45, 7) is 0.0536. The summed E-state index contributed by atoms with van der Waals surface area (Å²) in [4.78, 5) is 15.7. The Bertz CT molecular complexity index is 627. The number of carbonyl (C=O) groups is 1. The standard InChI is InChI=1S/C14H11Cl3N2O2/c15-10-3-1-8(2-4-10)11(20)7-18-14(21)9-5-12(16)19-13(17)6-9/h1-6,11,20H,7H2,(H,18,21). The van der Waals surface area contributed by atoms with Gasteiger partial charge in [-0.2, -0.15) is 0 Å². The predicted molar refractivity (Wildman–Crippen MR) is 83.0 cm³/mol. The first-order valence-electron chi connectivity index (χ1n) is 6.00. The Hall–Kier alpha value is -1.33. The molecule has 1 atom stereocenters. The van der Waals surface area contributed by atoms with Gasteiger partial charge in [0.1, 0.15) is 10.3 Å². The summed E-state index contributed by atoms with van der Waals surface area (Å²) in [6, 6.07) is 9.53. The predicted octanol–water partition coefficient (Wildman–Crippen LogP) is 3.51. The summed E-state index contributed by atoms with van der Waals surface area (Å²) >= 11 is 17.2. The van der Waals surface area contributed by atoms with Gasteiger partial charge < -0.3 is 10.4 Å². The zero-order valence-electron chi connectivity index (χ0n) is 10.7.